The van der Waals surface area contributed by atoms with Crippen molar-refractivity contribution in [2.24, 2.45) is 5.92 Å². The number of hydrogen-bond acceptors (Lipinski definition) is 5. The SMILES string of the molecule is COC(=O)C1CCN(C(=O)c2cscn2)CC1. The third kappa shape index (κ3) is 2.63. The van der Waals surface area contributed by atoms with Gasteiger partial charge in [0, 0.05) is 18.5 Å². The van der Waals surface area contributed by atoms with Crippen molar-refractivity contribution in [2.75, 3.05) is 20.2 Å². The van der Waals surface area contributed by atoms with Crippen LogP contribution in [-0.4, -0.2) is 42.0 Å². The van der Waals surface area contributed by atoms with Gasteiger partial charge >= 0.3 is 5.97 Å². The molecule has 6 heteroatoms. The normalized spacial score (nSPS) is 16.9. The highest BCUT2D eigenvalue weighted by atomic mass is 32.1. The van der Waals surface area contributed by atoms with E-state index < -0.39 is 0 Å². The Labute approximate surface area is 103 Å². The van der Waals surface area contributed by atoms with Gasteiger partial charge < -0.3 is 9.64 Å². The summed E-state index contributed by atoms with van der Waals surface area (Å²) in [5.74, 6) is -0.292. The zero-order valence-corrected chi connectivity index (χ0v) is 10.4. The van der Waals surface area contributed by atoms with Crippen LogP contribution in [0.15, 0.2) is 10.9 Å². The number of piperidine rings is 1. The van der Waals surface area contributed by atoms with E-state index in [9.17, 15) is 9.59 Å². The van der Waals surface area contributed by atoms with Gasteiger partial charge in [0.15, 0.2) is 0 Å². The van der Waals surface area contributed by atoms with Gasteiger partial charge in [-0.05, 0) is 12.8 Å². The molecule has 17 heavy (non-hydrogen) atoms. The third-order valence-corrected chi connectivity index (χ3v) is 3.55. The second-order valence-corrected chi connectivity index (χ2v) is 4.68. The number of ether oxygens (including phenoxy) is 1. The largest absolute Gasteiger partial charge is 0.469 e. The van der Waals surface area contributed by atoms with Crippen molar-refractivity contribution in [3.8, 4) is 0 Å². The van der Waals surface area contributed by atoms with Gasteiger partial charge in [0.2, 0.25) is 0 Å². The number of carbonyl (C=O) groups is 2. The highest BCUT2D eigenvalue weighted by Crippen LogP contribution is 2.20. The van der Waals surface area contributed by atoms with Gasteiger partial charge in [0.25, 0.3) is 5.91 Å². The van der Waals surface area contributed by atoms with Crippen LogP contribution >= 0.6 is 11.3 Å². The summed E-state index contributed by atoms with van der Waals surface area (Å²) in [7, 11) is 1.40. The van der Waals surface area contributed by atoms with Crippen LogP contribution in [0.3, 0.4) is 0 Å². The summed E-state index contributed by atoms with van der Waals surface area (Å²) in [5, 5.41) is 1.74. The molecule has 1 aliphatic rings. The lowest BCUT2D eigenvalue weighted by Crippen LogP contribution is -2.40. The maximum absolute atomic E-state index is 12.0. The number of thiazole rings is 1. The monoisotopic (exact) mass is 254 g/mol. The average molecular weight is 254 g/mol. The Morgan fingerprint density at radius 3 is 2.71 bits per heavy atom. The molecule has 1 fully saturated rings. The van der Waals surface area contributed by atoms with Crippen LogP contribution in [0.25, 0.3) is 0 Å². The molecule has 1 saturated heterocycles. The first kappa shape index (κ1) is 12.0. The van der Waals surface area contributed by atoms with Gasteiger partial charge in [-0.3, -0.25) is 9.59 Å². The van der Waals surface area contributed by atoms with Crippen LogP contribution in [-0.2, 0) is 9.53 Å². The number of nitrogens with zero attached hydrogens (tertiary/aromatic N) is 2. The first-order chi connectivity index (χ1) is 8.22. The fourth-order valence-electron chi connectivity index (χ4n) is 1.97. The predicted molar refractivity (Wildman–Crippen MR) is 62.8 cm³/mol. The van der Waals surface area contributed by atoms with E-state index in [1.165, 1.54) is 18.4 Å². The Morgan fingerprint density at radius 1 is 1.47 bits per heavy atom. The average Bonchev–Trinajstić information content (AvgIpc) is 2.91. The first-order valence-electron chi connectivity index (χ1n) is 5.47. The number of likely N-dealkylation sites (tertiary alicyclic amines) is 1. The van der Waals surface area contributed by atoms with Crippen molar-refractivity contribution in [1.29, 1.82) is 0 Å². The first-order valence-corrected chi connectivity index (χ1v) is 6.42. The van der Waals surface area contributed by atoms with E-state index in [2.05, 4.69) is 4.98 Å². The van der Waals surface area contributed by atoms with Crippen molar-refractivity contribution >= 4 is 23.2 Å². The molecule has 5 nitrogen and oxygen atoms in total. The summed E-state index contributed by atoms with van der Waals surface area (Å²) < 4.78 is 4.70. The molecular weight excluding hydrogens is 240 g/mol. The van der Waals surface area contributed by atoms with Crippen molar-refractivity contribution in [3.63, 3.8) is 0 Å². The van der Waals surface area contributed by atoms with E-state index in [0.717, 1.165) is 0 Å². The Hall–Kier alpha value is -1.43. The molecule has 0 saturated carbocycles. The molecule has 2 heterocycles. The molecule has 0 aromatic carbocycles. The van der Waals surface area contributed by atoms with E-state index in [0.29, 0.717) is 31.6 Å². The number of amides is 1. The molecule has 2 rings (SSSR count). The minimum atomic E-state index is -0.175. The van der Waals surface area contributed by atoms with Crippen LogP contribution in [0, 0.1) is 5.92 Å². The summed E-state index contributed by atoms with van der Waals surface area (Å²) in [4.78, 5) is 29.0. The molecule has 1 amide bonds. The van der Waals surface area contributed by atoms with E-state index in [1.54, 1.807) is 15.8 Å². The fraction of sp³-hybridized carbons (Fsp3) is 0.545. The molecule has 1 aliphatic heterocycles. The molecule has 1 aromatic rings. The lowest BCUT2D eigenvalue weighted by molar-refractivity contribution is -0.146. The Bertz CT molecular complexity index is 397. The number of hydrogen-bond donors (Lipinski definition) is 0. The number of carbonyl (C=O) groups excluding carboxylic acids is 2. The Balaban J connectivity index is 1.91. The molecule has 92 valence electrons. The molecule has 0 aliphatic carbocycles. The quantitative estimate of drug-likeness (QED) is 0.743. The molecular formula is C11H14N2O3S. The zero-order valence-electron chi connectivity index (χ0n) is 9.59. The summed E-state index contributed by atoms with van der Waals surface area (Å²) >= 11 is 1.41. The van der Waals surface area contributed by atoms with E-state index in [1.807, 2.05) is 0 Å². The van der Waals surface area contributed by atoms with Crippen LogP contribution in [0.2, 0.25) is 0 Å². The van der Waals surface area contributed by atoms with Gasteiger partial charge in [0.1, 0.15) is 5.69 Å². The highest BCUT2D eigenvalue weighted by molar-refractivity contribution is 7.07. The van der Waals surface area contributed by atoms with E-state index in [4.69, 9.17) is 4.74 Å². The Kier molecular flexibility index (Phi) is 3.73. The van der Waals surface area contributed by atoms with Crippen molar-refractivity contribution in [2.45, 2.75) is 12.8 Å². The minimum Gasteiger partial charge on any atom is -0.469 e. The van der Waals surface area contributed by atoms with Crippen molar-refractivity contribution in [1.82, 2.24) is 9.88 Å². The fourth-order valence-corrected chi connectivity index (χ4v) is 2.49. The van der Waals surface area contributed by atoms with Crippen molar-refractivity contribution < 1.29 is 14.3 Å². The Morgan fingerprint density at radius 2 is 2.18 bits per heavy atom. The maximum Gasteiger partial charge on any atom is 0.308 e. The topological polar surface area (TPSA) is 59.5 Å². The highest BCUT2D eigenvalue weighted by Gasteiger charge is 2.28. The minimum absolute atomic E-state index is 0.0467. The van der Waals surface area contributed by atoms with Crippen LogP contribution in [0.4, 0.5) is 0 Å². The third-order valence-electron chi connectivity index (χ3n) is 2.97. The smallest absolute Gasteiger partial charge is 0.308 e. The number of rotatable bonds is 2. The van der Waals surface area contributed by atoms with Gasteiger partial charge in [0.05, 0.1) is 18.5 Å². The number of methoxy groups -OCH3 is 1. The van der Waals surface area contributed by atoms with Crippen LogP contribution in [0.5, 0.6) is 0 Å². The standard InChI is InChI=1S/C11H14N2O3S/c1-16-11(15)8-2-4-13(5-3-8)10(14)9-6-17-7-12-9/h6-8H,2-5H2,1H3. The zero-order chi connectivity index (χ0) is 12.3. The lowest BCUT2D eigenvalue weighted by atomic mass is 9.97. The van der Waals surface area contributed by atoms with Gasteiger partial charge in [-0.2, -0.15) is 0 Å². The second kappa shape index (κ2) is 5.27. The van der Waals surface area contributed by atoms with Gasteiger partial charge in [-0.15, -0.1) is 11.3 Å². The van der Waals surface area contributed by atoms with Gasteiger partial charge in [-0.1, -0.05) is 0 Å². The molecule has 0 spiro atoms. The van der Waals surface area contributed by atoms with Gasteiger partial charge in [-0.25, -0.2) is 4.98 Å². The van der Waals surface area contributed by atoms with Crippen LogP contribution in [0.1, 0.15) is 23.3 Å². The number of esters is 1. The summed E-state index contributed by atoms with van der Waals surface area (Å²) in [5.41, 5.74) is 2.14. The van der Waals surface area contributed by atoms with Crippen LogP contribution < -0.4 is 0 Å². The second-order valence-electron chi connectivity index (χ2n) is 3.96. The molecule has 0 bridgehead atoms. The molecule has 0 radical (unpaired) electrons. The summed E-state index contributed by atoms with van der Waals surface area (Å²) in [6.07, 6.45) is 1.34. The molecule has 0 atom stereocenters. The van der Waals surface area contributed by atoms with Crippen molar-refractivity contribution in [3.05, 3.63) is 16.6 Å². The lowest BCUT2D eigenvalue weighted by Gasteiger charge is -2.30. The predicted octanol–water partition coefficient (Wildman–Crippen LogP) is 1.17. The summed E-state index contributed by atoms with van der Waals surface area (Å²) in [6, 6.07) is 0. The molecule has 1 aromatic heterocycles. The maximum atomic E-state index is 12.0. The van der Waals surface area contributed by atoms with E-state index in [-0.39, 0.29) is 17.8 Å². The summed E-state index contributed by atoms with van der Waals surface area (Å²) in [6.45, 7) is 1.19. The molecule has 0 unspecified atom stereocenters. The van der Waals surface area contributed by atoms with E-state index >= 15 is 0 Å². The number of aromatic nitrogens is 1. The molecule has 0 N–H and O–H groups in total.